The van der Waals surface area contributed by atoms with Crippen LogP contribution < -0.4 is 5.32 Å². The molecule has 0 saturated heterocycles. The first-order chi connectivity index (χ1) is 9.79. The van der Waals surface area contributed by atoms with Gasteiger partial charge in [-0.15, -0.1) is 11.3 Å². The topological polar surface area (TPSA) is 37.8 Å². The molecule has 0 aliphatic carbocycles. The van der Waals surface area contributed by atoms with Crippen LogP contribution in [-0.4, -0.2) is 16.5 Å². The summed E-state index contributed by atoms with van der Waals surface area (Å²) in [5.74, 6) is 0. The van der Waals surface area contributed by atoms with E-state index in [1.54, 1.807) is 12.4 Å². The zero-order valence-corrected chi connectivity index (χ0v) is 12.4. The molecule has 3 nitrogen and oxygen atoms in total. The highest BCUT2D eigenvalue weighted by molar-refractivity contribution is 7.12. The number of fused-ring (bicyclic) bond motifs is 1. The highest BCUT2D eigenvalue weighted by Gasteiger charge is 2.18. The number of hydrogen-bond donors (Lipinski definition) is 1. The van der Waals surface area contributed by atoms with Gasteiger partial charge in [-0.3, -0.25) is 9.97 Å². The maximum atomic E-state index is 4.52. The van der Waals surface area contributed by atoms with Crippen LogP contribution in [0.25, 0.3) is 11.0 Å². The number of aromatic nitrogens is 2. The van der Waals surface area contributed by atoms with E-state index < -0.39 is 0 Å². The van der Waals surface area contributed by atoms with E-state index in [4.69, 9.17) is 0 Å². The van der Waals surface area contributed by atoms with Crippen LogP contribution in [0.3, 0.4) is 0 Å². The Morgan fingerprint density at radius 3 is 2.75 bits per heavy atom. The lowest BCUT2D eigenvalue weighted by molar-refractivity contribution is 0.642. The molecule has 0 spiro atoms. The Morgan fingerprint density at radius 2 is 2.00 bits per heavy atom. The zero-order valence-electron chi connectivity index (χ0n) is 11.6. The molecule has 0 bridgehead atoms. The fraction of sp³-hybridized carbons (Fsp3) is 0.250. The lowest BCUT2D eigenvalue weighted by Crippen LogP contribution is -2.21. The molecular weight excluding hydrogens is 266 g/mol. The molecule has 0 amide bonds. The maximum Gasteiger partial charge on any atom is 0.0938 e. The lowest BCUT2D eigenvalue weighted by Gasteiger charge is -2.18. The maximum absolute atomic E-state index is 4.52. The van der Waals surface area contributed by atoms with Crippen LogP contribution in [0.1, 0.15) is 28.3 Å². The Bertz CT molecular complexity index is 715. The van der Waals surface area contributed by atoms with Crippen LogP contribution in [-0.2, 0) is 0 Å². The standard InChI is InChI=1S/C16H17N3S/c1-3-17-16(14-8-7-11(2)20-14)12-5-4-6-13-15(12)19-10-9-18-13/h4-10,16-17H,3H2,1-2H3. The summed E-state index contributed by atoms with van der Waals surface area (Å²) in [7, 11) is 0. The SMILES string of the molecule is CCNC(c1ccc(C)s1)c1cccc2nccnc12. The molecule has 1 N–H and O–H groups in total. The van der Waals surface area contributed by atoms with Gasteiger partial charge in [0.25, 0.3) is 0 Å². The van der Waals surface area contributed by atoms with Gasteiger partial charge in [0.1, 0.15) is 0 Å². The van der Waals surface area contributed by atoms with E-state index in [0.29, 0.717) is 0 Å². The predicted molar refractivity (Wildman–Crippen MR) is 84.1 cm³/mol. The molecule has 2 aromatic heterocycles. The second-order valence-corrected chi connectivity index (χ2v) is 6.03. The Morgan fingerprint density at radius 1 is 1.15 bits per heavy atom. The van der Waals surface area contributed by atoms with Crippen molar-refractivity contribution in [2.45, 2.75) is 19.9 Å². The van der Waals surface area contributed by atoms with Gasteiger partial charge in [0.2, 0.25) is 0 Å². The summed E-state index contributed by atoms with van der Waals surface area (Å²) < 4.78 is 0. The summed E-state index contributed by atoms with van der Waals surface area (Å²) in [6.07, 6.45) is 3.50. The quantitative estimate of drug-likeness (QED) is 0.793. The van der Waals surface area contributed by atoms with Crippen LogP contribution in [0.5, 0.6) is 0 Å². The first-order valence-corrected chi connectivity index (χ1v) is 7.60. The molecule has 1 unspecified atom stereocenters. The van der Waals surface area contributed by atoms with Gasteiger partial charge in [0.05, 0.1) is 17.1 Å². The fourth-order valence-corrected chi connectivity index (χ4v) is 3.40. The first-order valence-electron chi connectivity index (χ1n) is 6.79. The van der Waals surface area contributed by atoms with Crippen molar-refractivity contribution >= 4 is 22.4 Å². The third-order valence-electron chi connectivity index (χ3n) is 3.29. The molecule has 4 heteroatoms. The van der Waals surface area contributed by atoms with E-state index in [1.807, 2.05) is 17.4 Å². The molecule has 2 heterocycles. The molecule has 0 aliphatic rings. The van der Waals surface area contributed by atoms with E-state index in [0.717, 1.165) is 17.6 Å². The number of thiophene rings is 1. The van der Waals surface area contributed by atoms with Crippen molar-refractivity contribution in [3.63, 3.8) is 0 Å². The second kappa shape index (κ2) is 5.69. The van der Waals surface area contributed by atoms with Crippen molar-refractivity contribution in [3.8, 4) is 0 Å². The van der Waals surface area contributed by atoms with Crippen LogP contribution in [0, 0.1) is 6.92 Å². The Kier molecular flexibility index (Phi) is 3.76. The van der Waals surface area contributed by atoms with Crippen LogP contribution in [0.15, 0.2) is 42.7 Å². The molecular formula is C16H17N3S. The van der Waals surface area contributed by atoms with Crippen molar-refractivity contribution in [2.24, 2.45) is 0 Å². The van der Waals surface area contributed by atoms with E-state index in [1.165, 1.54) is 15.3 Å². The Balaban J connectivity index is 2.14. The number of nitrogens with zero attached hydrogens (tertiary/aromatic N) is 2. The Hall–Kier alpha value is -1.78. The minimum Gasteiger partial charge on any atom is -0.306 e. The molecule has 1 aromatic carbocycles. The largest absolute Gasteiger partial charge is 0.306 e. The summed E-state index contributed by atoms with van der Waals surface area (Å²) in [6, 6.07) is 10.7. The summed E-state index contributed by atoms with van der Waals surface area (Å²) in [5, 5.41) is 3.56. The van der Waals surface area contributed by atoms with Gasteiger partial charge in [-0.25, -0.2) is 0 Å². The summed E-state index contributed by atoms with van der Waals surface area (Å²) >= 11 is 1.83. The summed E-state index contributed by atoms with van der Waals surface area (Å²) in [4.78, 5) is 11.6. The molecule has 0 fully saturated rings. The molecule has 1 atom stereocenters. The molecule has 3 aromatic rings. The number of hydrogen-bond acceptors (Lipinski definition) is 4. The van der Waals surface area contributed by atoms with E-state index in [2.05, 4.69) is 53.4 Å². The number of rotatable bonds is 4. The monoisotopic (exact) mass is 283 g/mol. The Labute approximate surface area is 122 Å². The van der Waals surface area contributed by atoms with E-state index >= 15 is 0 Å². The van der Waals surface area contributed by atoms with Crippen molar-refractivity contribution < 1.29 is 0 Å². The van der Waals surface area contributed by atoms with Gasteiger partial charge >= 0.3 is 0 Å². The summed E-state index contributed by atoms with van der Waals surface area (Å²) in [6.45, 7) is 5.18. The van der Waals surface area contributed by atoms with Crippen molar-refractivity contribution in [2.75, 3.05) is 6.54 Å². The third kappa shape index (κ3) is 2.44. The van der Waals surface area contributed by atoms with Gasteiger partial charge in [-0.05, 0) is 31.7 Å². The highest BCUT2D eigenvalue weighted by Crippen LogP contribution is 2.31. The van der Waals surface area contributed by atoms with E-state index in [9.17, 15) is 0 Å². The smallest absolute Gasteiger partial charge is 0.0938 e. The highest BCUT2D eigenvalue weighted by atomic mass is 32.1. The first kappa shape index (κ1) is 13.2. The summed E-state index contributed by atoms with van der Waals surface area (Å²) in [5.41, 5.74) is 3.12. The number of nitrogens with one attached hydrogen (secondary N) is 1. The molecule has 102 valence electrons. The predicted octanol–water partition coefficient (Wildman–Crippen LogP) is 3.70. The van der Waals surface area contributed by atoms with Crippen molar-refractivity contribution in [1.29, 1.82) is 0 Å². The van der Waals surface area contributed by atoms with Gasteiger partial charge < -0.3 is 5.32 Å². The molecule has 0 saturated carbocycles. The van der Waals surface area contributed by atoms with Gasteiger partial charge in [-0.2, -0.15) is 0 Å². The number of benzene rings is 1. The number of aryl methyl sites for hydroxylation is 1. The zero-order chi connectivity index (χ0) is 13.9. The average Bonchev–Trinajstić information content (AvgIpc) is 2.91. The minimum absolute atomic E-state index is 0.180. The number of para-hydroxylation sites is 1. The molecule has 3 rings (SSSR count). The third-order valence-corrected chi connectivity index (χ3v) is 4.36. The fourth-order valence-electron chi connectivity index (χ4n) is 2.42. The van der Waals surface area contributed by atoms with Crippen LogP contribution in [0.4, 0.5) is 0 Å². The van der Waals surface area contributed by atoms with Gasteiger partial charge in [0, 0.05) is 27.7 Å². The average molecular weight is 283 g/mol. The van der Waals surface area contributed by atoms with Crippen LogP contribution >= 0.6 is 11.3 Å². The molecule has 0 radical (unpaired) electrons. The van der Waals surface area contributed by atoms with Crippen molar-refractivity contribution in [3.05, 3.63) is 58.0 Å². The second-order valence-electron chi connectivity index (χ2n) is 4.71. The lowest BCUT2D eigenvalue weighted by atomic mass is 10.0. The minimum atomic E-state index is 0.180. The van der Waals surface area contributed by atoms with Gasteiger partial charge in [-0.1, -0.05) is 19.1 Å². The van der Waals surface area contributed by atoms with Gasteiger partial charge in [0.15, 0.2) is 0 Å². The molecule has 20 heavy (non-hydrogen) atoms. The normalized spacial score (nSPS) is 12.7. The van der Waals surface area contributed by atoms with E-state index in [-0.39, 0.29) is 6.04 Å². The van der Waals surface area contributed by atoms with Crippen molar-refractivity contribution in [1.82, 2.24) is 15.3 Å². The molecule has 0 aliphatic heterocycles. The van der Waals surface area contributed by atoms with Crippen LogP contribution in [0.2, 0.25) is 0 Å².